The summed E-state index contributed by atoms with van der Waals surface area (Å²) in [4.78, 5) is 77.4. The average Bonchev–Trinajstić information content (AvgIpc) is 3.04. The fourth-order valence-corrected chi connectivity index (χ4v) is 2.55. The van der Waals surface area contributed by atoms with Crippen molar-refractivity contribution in [3.05, 3.63) is 75.4 Å². The lowest BCUT2D eigenvalue weighted by Gasteiger charge is -2.34. The molecule has 0 saturated carbocycles. The molecule has 0 aliphatic carbocycles. The topological polar surface area (TPSA) is 236 Å². The molecule has 0 aliphatic rings. The molecule has 0 rings (SSSR count). The predicted molar refractivity (Wildman–Crippen MR) is 153 cm³/mol. The predicted octanol–water partition coefficient (Wildman–Crippen LogP) is 0.326. The van der Waals surface area contributed by atoms with Crippen molar-refractivity contribution >= 4 is 41.8 Å². The molecule has 0 aromatic heterocycles. The first-order valence-corrected chi connectivity index (χ1v) is 12.5. The Bertz CT molecular complexity index is 1030. The van der Waals surface area contributed by atoms with Gasteiger partial charge in [0.15, 0.2) is 0 Å². The van der Waals surface area contributed by atoms with Gasteiger partial charge in [-0.2, -0.15) is 0 Å². The number of carbonyl (C=O) groups excluding carboxylic acids is 5. The van der Waals surface area contributed by atoms with E-state index >= 15 is 0 Å². The van der Waals surface area contributed by atoms with E-state index in [4.69, 9.17) is 38.6 Å². The Morgan fingerprint density at radius 2 is 0.711 bits per heavy atom. The minimum Gasteiger partial charge on any atom is -0.478 e. The van der Waals surface area contributed by atoms with Crippen LogP contribution in [0.15, 0.2) is 75.4 Å². The van der Waals surface area contributed by atoms with Crippen molar-refractivity contribution in [3.8, 4) is 0 Å². The van der Waals surface area contributed by atoms with Gasteiger partial charge in [0.2, 0.25) is 0 Å². The highest BCUT2D eigenvalue weighted by Crippen LogP contribution is 2.25. The van der Waals surface area contributed by atoms with Gasteiger partial charge in [0.1, 0.15) is 33.0 Å². The number of carbonyl (C=O) groups is 7. The molecule has 0 bridgehead atoms. The van der Waals surface area contributed by atoms with Crippen molar-refractivity contribution in [2.45, 2.75) is 0 Å². The van der Waals surface area contributed by atoms with Crippen LogP contribution in [-0.2, 0) is 62.0 Å². The lowest BCUT2D eigenvalue weighted by atomic mass is 9.90. The van der Waals surface area contributed by atoms with Gasteiger partial charge in [0.25, 0.3) is 0 Å². The normalized spacial score (nSPS) is 10.5. The van der Waals surface area contributed by atoms with Crippen LogP contribution in [0, 0.1) is 10.8 Å². The molecule has 0 heterocycles. The van der Waals surface area contributed by atoms with Gasteiger partial charge < -0.3 is 43.7 Å². The maximum Gasteiger partial charge on any atom is 0.330 e. The first-order valence-electron chi connectivity index (χ1n) is 12.5. The molecule has 0 radical (unpaired) electrons. The summed E-state index contributed by atoms with van der Waals surface area (Å²) < 4.78 is 31.1. The smallest absolute Gasteiger partial charge is 0.330 e. The Morgan fingerprint density at radius 3 is 0.933 bits per heavy atom. The Morgan fingerprint density at radius 1 is 0.467 bits per heavy atom. The van der Waals surface area contributed by atoms with E-state index in [-0.39, 0.29) is 13.2 Å². The summed E-state index contributed by atoms with van der Waals surface area (Å²) in [6, 6.07) is 0. The van der Waals surface area contributed by atoms with Crippen molar-refractivity contribution in [3.63, 3.8) is 0 Å². The monoisotopic (exact) mass is 640 g/mol. The molecule has 0 amide bonds. The Hall–Kier alpha value is -5.35. The van der Waals surface area contributed by atoms with Crippen LogP contribution >= 0.6 is 0 Å². The molecular weight excluding hydrogens is 604 g/mol. The third-order valence-corrected chi connectivity index (χ3v) is 4.96. The van der Waals surface area contributed by atoms with E-state index in [1.54, 1.807) is 0 Å². The van der Waals surface area contributed by atoms with E-state index in [0.29, 0.717) is 12.2 Å². The molecule has 0 aromatic carbocycles. The van der Waals surface area contributed by atoms with Crippen molar-refractivity contribution in [2.24, 2.45) is 10.8 Å². The zero-order chi connectivity index (χ0) is 34.9. The molecule has 0 atom stereocenters. The summed E-state index contributed by atoms with van der Waals surface area (Å²) in [5.74, 6) is -6.55. The molecule has 0 fully saturated rings. The lowest BCUT2D eigenvalue weighted by Crippen LogP contribution is -2.46. The molecule has 16 heteroatoms. The van der Waals surface area contributed by atoms with Gasteiger partial charge in [-0.1, -0.05) is 32.9 Å². The van der Waals surface area contributed by atoms with Gasteiger partial charge in [-0.15, -0.1) is 0 Å². The summed E-state index contributed by atoms with van der Waals surface area (Å²) in [6.45, 7) is 12.8. The number of aliphatic hydroxyl groups is 1. The number of hydrogen-bond acceptors (Lipinski definition) is 14. The lowest BCUT2D eigenvalue weighted by molar-refractivity contribution is -0.167. The van der Waals surface area contributed by atoms with Crippen molar-refractivity contribution in [2.75, 3.05) is 52.9 Å². The summed E-state index contributed by atoms with van der Waals surface area (Å²) in [6.07, 6.45) is 5.62. The Labute approximate surface area is 258 Å². The molecule has 0 aromatic rings. The van der Waals surface area contributed by atoms with Crippen molar-refractivity contribution < 1.29 is 77.3 Å². The average molecular weight is 641 g/mol. The van der Waals surface area contributed by atoms with Crippen LogP contribution in [0.2, 0.25) is 0 Å². The highest BCUT2D eigenvalue weighted by Gasteiger charge is 2.39. The number of ether oxygens (including phenoxy) is 6. The maximum atomic E-state index is 11.7. The summed E-state index contributed by atoms with van der Waals surface area (Å²) >= 11 is 0. The number of aliphatic hydroxyl groups excluding tert-OH is 1. The van der Waals surface area contributed by atoms with Crippen LogP contribution in [0.3, 0.4) is 0 Å². The largest absolute Gasteiger partial charge is 0.478 e. The summed E-state index contributed by atoms with van der Waals surface area (Å²) in [5, 5.41) is 25.7. The van der Waals surface area contributed by atoms with E-state index in [1.807, 2.05) is 0 Å². The fourth-order valence-electron chi connectivity index (χ4n) is 2.55. The third-order valence-electron chi connectivity index (χ3n) is 4.96. The van der Waals surface area contributed by atoms with E-state index in [0.717, 1.165) is 30.4 Å². The molecule has 3 N–H and O–H groups in total. The zero-order valence-electron chi connectivity index (χ0n) is 24.4. The Kier molecular flexibility index (Phi) is 21.5. The van der Waals surface area contributed by atoms with E-state index in [2.05, 4.69) is 32.9 Å². The van der Waals surface area contributed by atoms with E-state index in [9.17, 15) is 38.7 Å². The highest BCUT2D eigenvalue weighted by molar-refractivity contribution is 5.89. The standard InChI is InChI=1S/C25H32O12.C4H4O4/c1-6-19(27)33-14-24(11-26,15-34-20(28)7-2)12-32-13-25(16-35-21(29)8-3,17-36-22(30)9-4)18-37-23(31)10-5;5-3(6)1-2-4(7)8/h6-10,26H,1-5,11-18H2;1-2H,(H,5,6)(H,7,8)/b;2-1-. The quantitative estimate of drug-likeness (QED) is 0.0821. The minimum atomic E-state index is -1.44. The molecule has 248 valence electrons. The third kappa shape index (κ3) is 20.2. The van der Waals surface area contributed by atoms with Gasteiger partial charge >= 0.3 is 41.8 Å². The van der Waals surface area contributed by atoms with Crippen LogP contribution in [0.25, 0.3) is 0 Å². The number of carboxylic acids is 2. The van der Waals surface area contributed by atoms with Gasteiger partial charge in [0, 0.05) is 42.5 Å². The first-order chi connectivity index (χ1) is 21.2. The number of rotatable bonds is 22. The van der Waals surface area contributed by atoms with Gasteiger partial charge in [0.05, 0.1) is 30.7 Å². The highest BCUT2D eigenvalue weighted by atomic mass is 16.6. The summed E-state index contributed by atoms with van der Waals surface area (Å²) in [7, 11) is 0. The Balaban J connectivity index is 0. The molecule has 0 aliphatic heterocycles. The second-order valence-electron chi connectivity index (χ2n) is 8.72. The van der Waals surface area contributed by atoms with Gasteiger partial charge in [-0.25, -0.2) is 33.6 Å². The minimum absolute atomic E-state index is 0.375. The number of carboxylic acid groups (broad SMARTS) is 2. The van der Waals surface area contributed by atoms with E-state index in [1.165, 1.54) is 0 Å². The number of esters is 5. The van der Waals surface area contributed by atoms with Crippen LogP contribution in [0.4, 0.5) is 0 Å². The molecular formula is C29H36O16. The van der Waals surface area contributed by atoms with Crippen LogP contribution in [0.5, 0.6) is 0 Å². The van der Waals surface area contributed by atoms with E-state index < -0.39 is 92.3 Å². The zero-order valence-corrected chi connectivity index (χ0v) is 24.4. The fraction of sp³-hybridized carbons (Fsp3) is 0.345. The molecule has 0 unspecified atom stereocenters. The number of aliphatic carboxylic acids is 2. The number of hydrogen-bond donors (Lipinski definition) is 3. The second kappa shape index (κ2) is 23.1. The first kappa shape index (κ1) is 41.8. The van der Waals surface area contributed by atoms with Gasteiger partial charge in [-0.3, -0.25) is 0 Å². The molecule has 45 heavy (non-hydrogen) atoms. The summed E-state index contributed by atoms with van der Waals surface area (Å²) in [5.41, 5.74) is -2.87. The molecule has 0 saturated heterocycles. The van der Waals surface area contributed by atoms with Crippen LogP contribution in [-0.4, -0.2) is 110 Å². The van der Waals surface area contributed by atoms with Crippen molar-refractivity contribution in [1.29, 1.82) is 0 Å². The van der Waals surface area contributed by atoms with Crippen molar-refractivity contribution in [1.82, 2.24) is 0 Å². The van der Waals surface area contributed by atoms with Crippen LogP contribution < -0.4 is 0 Å². The van der Waals surface area contributed by atoms with Gasteiger partial charge in [-0.05, 0) is 0 Å². The molecule has 0 spiro atoms. The van der Waals surface area contributed by atoms with Crippen LogP contribution in [0.1, 0.15) is 0 Å². The maximum absolute atomic E-state index is 11.7. The molecule has 16 nitrogen and oxygen atoms in total. The second-order valence-corrected chi connectivity index (χ2v) is 8.72. The SMILES string of the molecule is C=CC(=O)OCC(CO)(COCC(COC(=O)C=C)(COC(=O)C=C)COC(=O)C=C)COC(=O)C=C.O=C(O)/C=C\C(=O)O.